The Morgan fingerprint density at radius 1 is 1.35 bits per heavy atom. The van der Waals surface area contributed by atoms with E-state index in [0.29, 0.717) is 24.5 Å². The highest BCUT2D eigenvalue weighted by molar-refractivity contribution is 5.96. The van der Waals surface area contributed by atoms with Gasteiger partial charge in [-0.1, -0.05) is 6.07 Å². The van der Waals surface area contributed by atoms with Gasteiger partial charge >= 0.3 is 6.03 Å². The lowest BCUT2D eigenvalue weighted by Gasteiger charge is -2.42. The Morgan fingerprint density at radius 2 is 2.17 bits per heavy atom. The fraction of sp³-hybridized carbons (Fsp3) is 0.400. The Morgan fingerprint density at radius 3 is 2.96 bits per heavy atom. The van der Waals surface area contributed by atoms with Crippen molar-refractivity contribution in [2.45, 2.75) is 6.04 Å². The Balaban J connectivity index is 1.66. The van der Waals surface area contributed by atoms with Crippen molar-refractivity contribution in [2.24, 2.45) is 0 Å². The third-order valence-corrected chi connectivity index (χ3v) is 4.03. The molecule has 2 heterocycles. The molecule has 2 fully saturated rings. The number of urea groups is 1. The molecule has 8 heteroatoms. The van der Waals surface area contributed by atoms with Crippen molar-refractivity contribution >= 4 is 23.5 Å². The van der Waals surface area contributed by atoms with Crippen LogP contribution < -0.4 is 15.4 Å². The Kier molecular flexibility index (Phi) is 4.05. The number of rotatable bonds is 2. The summed E-state index contributed by atoms with van der Waals surface area (Å²) in [5.74, 6) is 0.316. The fourth-order valence-electron chi connectivity index (χ4n) is 2.78. The van der Waals surface area contributed by atoms with Gasteiger partial charge in [0.2, 0.25) is 11.8 Å². The summed E-state index contributed by atoms with van der Waals surface area (Å²) in [5.41, 5.74) is 0.612. The van der Waals surface area contributed by atoms with E-state index in [0.717, 1.165) is 0 Å². The average Bonchev–Trinajstić information content (AvgIpc) is 2.58. The normalized spacial score (nSPS) is 20.7. The summed E-state index contributed by atoms with van der Waals surface area (Å²) in [7, 11) is 1.55. The molecular formula is C15H18N4O4. The summed E-state index contributed by atoms with van der Waals surface area (Å²) in [6.07, 6.45) is 0. The molecule has 0 aromatic heterocycles. The number of nitrogens with one attached hydrogen (secondary N) is 2. The number of methoxy groups -OCH3 is 1. The van der Waals surface area contributed by atoms with Crippen molar-refractivity contribution in [3.8, 4) is 5.75 Å². The van der Waals surface area contributed by atoms with Crippen LogP contribution in [0, 0.1) is 0 Å². The number of hydrogen-bond acceptors (Lipinski definition) is 4. The second-order valence-electron chi connectivity index (χ2n) is 5.43. The van der Waals surface area contributed by atoms with Crippen molar-refractivity contribution < 1.29 is 19.1 Å². The first-order chi connectivity index (χ1) is 11.1. The molecule has 122 valence electrons. The standard InChI is InChI=1S/C15H18N4O4/c1-23-11-4-2-3-10(7-11)17-15(22)18-5-6-19-12(9-18)14(21)16-8-13(19)20/h2-4,7,12H,5-6,8-9H2,1H3,(H,16,21)(H,17,22)/t12-/m0/s1. The highest BCUT2D eigenvalue weighted by Gasteiger charge is 2.39. The summed E-state index contributed by atoms with van der Waals surface area (Å²) < 4.78 is 5.12. The molecule has 8 nitrogen and oxygen atoms in total. The van der Waals surface area contributed by atoms with Gasteiger partial charge in [0.1, 0.15) is 11.8 Å². The molecule has 2 saturated heterocycles. The molecule has 4 amide bonds. The van der Waals surface area contributed by atoms with E-state index in [1.165, 1.54) is 4.90 Å². The number of amides is 4. The van der Waals surface area contributed by atoms with Gasteiger partial charge in [0.15, 0.2) is 0 Å². The number of nitrogens with zero attached hydrogens (tertiary/aromatic N) is 2. The number of anilines is 1. The molecule has 23 heavy (non-hydrogen) atoms. The summed E-state index contributed by atoms with van der Waals surface area (Å²) in [6.45, 7) is 0.979. The van der Waals surface area contributed by atoms with E-state index in [-0.39, 0.29) is 30.9 Å². The lowest BCUT2D eigenvalue weighted by atomic mass is 10.1. The molecule has 2 N–H and O–H groups in total. The SMILES string of the molecule is COc1cccc(NC(=O)N2CCN3C(=O)CNC(=O)[C@@H]3C2)c1. The van der Waals surface area contributed by atoms with E-state index < -0.39 is 6.04 Å². The van der Waals surface area contributed by atoms with Gasteiger partial charge in [0, 0.05) is 24.8 Å². The largest absolute Gasteiger partial charge is 0.497 e. The second-order valence-corrected chi connectivity index (χ2v) is 5.43. The van der Waals surface area contributed by atoms with Crippen LogP contribution in [0.3, 0.4) is 0 Å². The molecule has 3 rings (SSSR count). The van der Waals surface area contributed by atoms with Crippen molar-refractivity contribution in [1.82, 2.24) is 15.1 Å². The van der Waals surface area contributed by atoms with Crippen LogP contribution in [-0.2, 0) is 9.59 Å². The molecule has 0 spiro atoms. The Bertz CT molecular complexity index is 648. The minimum Gasteiger partial charge on any atom is -0.497 e. The molecular weight excluding hydrogens is 300 g/mol. The van der Waals surface area contributed by atoms with E-state index in [4.69, 9.17) is 4.74 Å². The van der Waals surface area contributed by atoms with Crippen LogP contribution in [-0.4, -0.2) is 67.0 Å². The first kappa shape index (κ1) is 15.1. The van der Waals surface area contributed by atoms with Crippen LogP contribution in [0.2, 0.25) is 0 Å². The molecule has 0 bridgehead atoms. The number of carbonyl (C=O) groups is 3. The van der Waals surface area contributed by atoms with Crippen molar-refractivity contribution in [3.63, 3.8) is 0 Å². The average molecular weight is 318 g/mol. The molecule has 1 aromatic rings. The van der Waals surface area contributed by atoms with Gasteiger partial charge < -0.3 is 25.2 Å². The first-order valence-corrected chi connectivity index (χ1v) is 7.35. The molecule has 1 atom stereocenters. The summed E-state index contributed by atoms with van der Waals surface area (Å²) in [5, 5.41) is 5.33. The third kappa shape index (κ3) is 3.05. The Hall–Kier alpha value is -2.77. The van der Waals surface area contributed by atoms with Crippen LogP contribution in [0.25, 0.3) is 0 Å². The second kappa shape index (κ2) is 6.15. The molecule has 1 aromatic carbocycles. The molecule has 2 aliphatic rings. The number of piperazine rings is 2. The molecule has 2 aliphatic heterocycles. The molecule has 0 aliphatic carbocycles. The van der Waals surface area contributed by atoms with Gasteiger partial charge in [-0.2, -0.15) is 0 Å². The highest BCUT2D eigenvalue weighted by Crippen LogP contribution is 2.18. The van der Waals surface area contributed by atoms with Crippen molar-refractivity contribution in [1.29, 1.82) is 0 Å². The predicted molar refractivity (Wildman–Crippen MR) is 82.1 cm³/mol. The minimum atomic E-state index is -0.610. The monoisotopic (exact) mass is 318 g/mol. The van der Waals surface area contributed by atoms with Crippen LogP contribution in [0.4, 0.5) is 10.5 Å². The van der Waals surface area contributed by atoms with Crippen molar-refractivity contribution in [2.75, 3.05) is 38.6 Å². The van der Waals surface area contributed by atoms with Gasteiger partial charge in [-0.3, -0.25) is 9.59 Å². The van der Waals surface area contributed by atoms with E-state index in [2.05, 4.69) is 10.6 Å². The molecule has 0 saturated carbocycles. The van der Waals surface area contributed by atoms with Gasteiger partial charge in [0.05, 0.1) is 20.2 Å². The van der Waals surface area contributed by atoms with Crippen LogP contribution >= 0.6 is 0 Å². The van der Waals surface area contributed by atoms with Crippen LogP contribution in [0.15, 0.2) is 24.3 Å². The Labute approximate surface area is 133 Å². The zero-order chi connectivity index (χ0) is 16.4. The van der Waals surface area contributed by atoms with Gasteiger partial charge in [-0.05, 0) is 12.1 Å². The topological polar surface area (TPSA) is 91.0 Å². The number of carbonyl (C=O) groups excluding carboxylic acids is 3. The van der Waals surface area contributed by atoms with Gasteiger partial charge in [-0.25, -0.2) is 4.79 Å². The zero-order valence-corrected chi connectivity index (χ0v) is 12.7. The van der Waals surface area contributed by atoms with Crippen LogP contribution in [0.1, 0.15) is 0 Å². The number of ether oxygens (including phenoxy) is 1. The number of benzene rings is 1. The summed E-state index contributed by atoms with van der Waals surface area (Å²) >= 11 is 0. The van der Waals surface area contributed by atoms with E-state index in [1.54, 1.807) is 36.3 Å². The lowest BCUT2D eigenvalue weighted by molar-refractivity contribution is -0.148. The summed E-state index contributed by atoms with van der Waals surface area (Å²) in [6, 6.07) is 6.12. The highest BCUT2D eigenvalue weighted by atomic mass is 16.5. The maximum atomic E-state index is 12.4. The maximum absolute atomic E-state index is 12.4. The molecule has 0 unspecified atom stereocenters. The third-order valence-electron chi connectivity index (χ3n) is 4.03. The predicted octanol–water partition coefficient (Wildman–Crippen LogP) is -0.130. The van der Waals surface area contributed by atoms with E-state index in [1.807, 2.05) is 0 Å². The van der Waals surface area contributed by atoms with Crippen molar-refractivity contribution in [3.05, 3.63) is 24.3 Å². The maximum Gasteiger partial charge on any atom is 0.321 e. The molecule has 0 radical (unpaired) electrons. The fourth-order valence-corrected chi connectivity index (χ4v) is 2.78. The lowest BCUT2D eigenvalue weighted by Crippen LogP contribution is -2.66. The number of fused-ring (bicyclic) bond motifs is 1. The van der Waals surface area contributed by atoms with Gasteiger partial charge in [-0.15, -0.1) is 0 Å². The smallest absolute Gasteiger partial charge is 0.321 e. The quantitative estimate of drug-likeness (QED) is 0.795. The summed E-state index contributed by atoms with van der Waals surface area (Å²) in [4.78, 5) is 39.1. The van der Waals surface area contributed by atoms with E-state index in [9.17, 15) is 14.4 Å². The minimum absolute atomic E-state index is 0.0331. The number of hydrogen-bond donors (Lipinski definition) is 2. The first-order valence-electron chi connectivity index (χ1n) is 7.35. The zero-order valence-electron chi connectivity index (χ0n) is 12.7. The van der Waals surface area contributed by atoms with Gasteiger partial charge in [0.25, 0.3) is 0 Å². The van der Waals surface area contributed by atoms with E-state index >= 15 is 0 Å². The van der Waals surface area contributed by atoms with Crippen LogP contribution in [0.5, 0.6) is 5.75 Å².